The van der Waals surface area contributed by atoms with Gasteiger partial charge < -0.3 is 26.2 Å². The van der Waals surface area contributed by atoms with Crippen molar-refractivity contribution in [3.05, 3.63) is 63.6 Å². The predicted octanol–water partition coefficient (Wildman–Crippen LogP) is 1.68. The molecule has 1 fully saturated rings. The lowest BCUT2D eigenvalue weighted by molar-refractivity contribution is -0.153. The summed E-state index contributed by atoms with van der Waals surface area (Å²) in [5.41, 5.74) is 3.51. The normalized spacial score (nSPS) is 27.2. The van der Waals surface area contributed by atoms with E-state index >= 15 is 0 Å². The van der Waals surface area contributed by atoms with Gasteiger partial charge >= 0.3 is 0 Å². The number of carbonyl (C=O) groups is 3. The molecule has 3 aliphatic carbocycles. The van der Waals surface area contributed by atoms with Crippen LogP contribution < -0.4 is 5.73 Å². The molecular weight excluding hydrogens is 502 g/mol. The van der Waals surface area contributed by atoms with Gasteiger partial charge in [0.1, 0.15) is 28.0 Å². The second kappa shape index (κ2) is 8.41. The molecule has 10 nitrogen and oxygen atoms in total. The van der Waals surface area contributed by atoms with E-state index in [9.17, 15) is 34.8 Å². The number of carbonyl (C=O) groups excluding carboxylic acids is 3. The summed E-state index contributed by atoms with van der Waals surface area (Å²) in [4.78, 5) is 44.6. The van der Waals surface area contributed by atoms with Gasteiger partial charge in [-0.25, -0.2) is 4.98 Å². The number of Topliss-reactive ketones (excluding diaryl/α,β-unsaturated/α-hetero) is 2. The van der Waals surface area contributed by atoms with E-state index in [1.54, 1.807) is 38.5 Å². The van der Waals surface area contributed by atoms with Crippen LogP contribution in [0.1, 0.15) is 17.5 Å². The molecule has 1 heterocycles. The number of aromatic nitrogens is 1. The van der Waals surface area contributed by atoms with Crippen LogP contribution in [0.5, 0.6) is 5.75 Å². The summed E-state index contributed by atoms with van der Waals surface area (Å²) < 4.78 is 0. The topological polar surface area (TPSA) is 174 Å². The summed E-state index contributed by atoms with van der Waals surface area (Å²) in [6.07, 6.45) is 1.74. The van der Waals surface area contributed by atoms with Gasteiger partial charge in [0.2, 0.25) is 5.78 Å². The van der Waals surface area contributed by atoms with E-state index in [4.69, 9.17) is 17.3 Å². The molecule has 0 saturated heterocycles. The van der Waals surface area contributed by atoms with Crippen LogP contribution in [0.2, 0.25) is 5.15 Å². The van der Waals surface area contributed by atoms with Gasteiger partial charge in [-0.2, -0.15) is 0 Å². The van der Waals surface area contributed by atoms with Gasteiger partial charge in [0, 0.05) is 23.3 Å². The number of fused-ring (bicyclic) bond motifs is 3. The number of pyridine rings is 1. The fourth-order valence-electron chi connectivity index (χ4n) is 6.05. The monoisotopic (exact) mass is 525 g/mol. The van der Waals surface area contributed by atoms with E-state index in [2.05, 4.69) is 4.98 Å². The largest absolute Gasteiger partial charge is 0.508 e. The van der Waals surface area contributed by atoms with Gasteiger partial charge in [-0.3, -0.25) is 19.3 Å². The maximum atomic E-state index is 13.8. The highest BCUT2D eigenvalue weighted by Gasteiger charge is 2.64. The average molecular weight is 526 g/mol. The number of nitrogens with two attached hydrogens (primary N) is 1. The Balaban J connectivity index is 1.74. The third-order valence-corrected chi connectivity index (χ3v) is 7.87. The minimum atomic E-state index is -2.67. The summed E-state index contributed by atoms with van der Waals surface area (Å²) in [6, 6.07) is 5.24. The van der Waals surface area contributed by atoms with Crippen LogP contribution >= 0.6 is 11.6 Å². The first-order valence-electron chi connectivity index (χ1n) is 11.5. The van der Waals surface area contributed by atoms with Crippen LogP contribution in [0.25, 0.3) is 16.9 Å². The minimum Gasteiger partial charge on any atom is -0.508 e. The smallest absolute Gasteiger partial charge is 0.255 e. The van der Waals surface area contributed by atoms with Gasteiger partial charge in [0.05, 0.1) is 11.6 Å². The molecule has 5 rings (SSSR count). The van der Waals surface area contributed by atoms with Crippen molar-refractivity contribution in [1.82, 2.24) is 9.88 Å². The molecule has 1 saturated carbocycles. The van der Waals surface area contributed by atoms with Crippen LogP contribution in [-0.4, -0.2) is 73.5 Å². The summed E-state index contributed by atoms with van der Waals surface area (Å²) >= 11 is 5.92. The molecule has 0 unspecified atom stereocenters. The zero-order chi connectivity index (χ0) is 27.0. The zero-order valence-corrected chi connectivity index (χ0v) is 20.7. The fraction of sp³-hybridized carbons (Fsp3) is 0.308. The van der Waals surface area contributed by atoms with Crippen molar-refractivity contribution in [3.8, 4) is 16.9 Å². The van der Waals surface area contributed by atoms with E-state index < -0.39 is 58.0 Å². The molecule has 0 spiro atoms. The summed E-state index contributed by atoms with van der Waals surface area (Å²) in [7, 11) is 3.11. The Bertz CT molecular complexity index is 1450. The standard InChI is InChI=1S/C26H24ClN3O7/c1-30(2)20-14-8-11-7-13-12(10-3-6-16(27)29-9-10)4-5-15(31)18(13)21(32)17(11)23(34)26(14,37)24(35)19(22(20)33)25(28)36/h3-6,9,11,14,20,31-32,35,37H,7-8H2,1-2H3,(H2,28,36)/t11-,14-,20+,26-/m0/s1. The number of hydrogen-bond donors (Lipinski definition) is 5. The molecule has 1 amide bonds. The number of phenols is 1. The van der Waals surface area contributed by atoms with Gasteiger partial charge in [0.15, 0.2) is 11.4 Å². The maximum Gasteiger partial charge on any atom is 0.255 e. The van der Waals surface area contributed by atoms with E-state index in [1.165, 1.54) is 11.0 Å². The van der Waals surface area contributed by atoms with E-state index in [-0.39, 0.29) is 29.7 Å². The van der Waals surface area contributed by atoms with Gasteiger partial charge in [-0.1, -0.05) is 17.7 Å². The molecule has 2 aromatic rings. The van der Waals surface area contributed by atoms with Crippen LogP contribution in [0.3, 0.4) is 0 Å². The number of amides is 1. The summed E-state index contributed by atoms with van der Waals surface area (Å²) in [5.74, 6) is -6.86. The van der Waals surface area contributed by atoms with E-state index in [1.807, 2.05) is 0 Å². The Labute approximate surface area is 216 Å². The molecule has 0 bridgehead atoms. The molecule has 0 aliphatic heterocycles. The number of benzene rings is 1. The lowest BCUT2D eigenvalue weighted by atomic mass is 9.57. The second-order valence-corrected chi connectivity index (χ2v) is 10.2. The summed E-state index contributed by atoms with van der Waals surface area (Å²) in [5, 5.41) is 44.8. The van der Waals surface area contributed by atoms with Crippen LogP contribution in [0.4, 0.5) is 0 Å². The van der Waals surface area contributed by atoms with E-state index in [0.717, 1.165) is 0 Å². The average Bonchev–Trinajstić information content (AvgIpc) is 2.82. The first-order chi connectivity index (χ1) is 17.4. The highest BCUT2D eigenvalue weighted by Crippen LogP contribution is 2.53. The quantitative estimate of drug-likeness (QED) is 0.295. The van der Waals surface area contributed by atoms with Gasteiger partial charge in [-0.15, -0.1) is 0 Å². The molecule has 192 valence electrons. The number of nitrogens with zero attached hydrogens (tertiary/aromatic N) is 2. The van der Waals surface area contributed by atoms with Gasteiger partial charge in [0.25, 0.3) is 5.91 Å². The van der Waals surface area contributed by atoms with Crippen molar-refractivity contribution in [2.75, 3.05) is 14.1 Å². The number of primary amides is 1. The number of phenolic OH excluding ortho intramolecular Hbond substituents is 1. The third-order valence-electron chi connectivity index (χ3n) is 7.64. The van der Waals surface area contributed by atoms with Crippen molar-refractivity contribution in [2.45, 2.75) is 24.5 Å². The number of ketones is 2. The Hall–Kier alpha value is -3.73. The Morgan fingerprint density at radius 2 is 1.86 bits per heavy atom. The lowest BCUT2D eigenvalue weighted by Crippen LogP contribution is -2.65. The van der Waals surface area contributed by atoms with Gasteiger partial charge in [-0.05, 0) is 62.2 Å². The van der Waals surface area contributed by atoms with E-state index in [0.29, 0.717) is 21.8 Å². The van der Waals surface area contributed by atoms with Crippen molar-refractivity contribution < 1.29 is 34.8 Å². The minimum absolute atomic E-state index is 0.0136. The third kappa shape index (κ3) is 3.40. The highest BCUT2D eigenvalue weighted by molar-refractivity contribution is 6.29. The maximum absolute atomic E-state index is 13.8. The molecular formula is C26H24ClN3O7. The van der Waals surface area contributed by atoms with Crippen molar-refractivity contribution in [1.29, 1.82) is 0 Å². The Morgan fingerprint density at radius 1 is 1.16 bits per heavy atom. The molecule has 4 atom stereocenters. The number of rotatable bonds is 3. The number of aliphatic hydroxyl groups is 3. The zero-order valence-electron chi connectivity index (χ0n) is 19.9. The Morgan fingerprint density at radius 3 is 2.46 bits per heavy atom. The molecule has 11 heteroatoms. The SMILES string of the molecule is CN(C)[C@H]1C(=O)C(C(N)=O)=C(O)[C@@]2(O)C(=O)C3=C(O)c4c(O)ccc(-c5ccc(Cl)nc5)c4C[C@H]3C[C@@H]12. The number of halogens is 1. The van der Waals surface area contributed by atoms with Crippen LogP contribution in [0.15, 0.2) is 47.4 Å². The second-order valence-electron chi connectivity index (χ2n) is 9.82. The molecule has 1 aromatic carbocycles. The highest BCUT2D eigenvalue weighted by atomic mass is 35.5. The van der Waals surface area contributed by atoms with Crippen molar-refractivity contribution in [3.63, 3.8) is 0 Å². The van der Waals surface area contributed by atoms with Crippen LogP contribution in [0, 0.1) is 11.8 Å². The Kier molecular flexibility index (Phi) is 5.67. The lowest BCUT2D eigenvalue weighted by Gasteiger charge is -2.50. The number of likely N-dealkylation sites (N-methyl/N-ethyl adjacent to an activating group) is 1. The molecule has 6 N–H and O–H groups in total. The predicted molar refractivity (Wildman–Crippen MR) is 132 cm³/mol. The summed E-state index contributed by atoms with van der Waals surface area (Å²) in [6.45, 7) is 0. The first-order valence-corrected chi connectivity index (χ1v) is 11.9. The number of aromatic hydroxyl groups is 1. The first kappa shape index (κ1) is 24.9. The van der Waals surface area contributed by atoms with Crippen LogP contribution in [-0.2, 0) is 20.8 Å². The fourth-order valence-corrected chi connectivity index (χ4v) is 6.16. The van der Waals surface area contributed by atoms with Crippen molar-refractivity contribution >= 4 is 34.8 Å². The molecule has 0 radical (unpaired) electrons. The van der Waals surface area contributed by atoms with Crippen molar-refractivity contribution in [2.24, 2.45) is 17.6 Å². The molecule has 1 aromatic heterocycles. The molecule has 3 aliphatic rings. The molecule has 37 heavy (non-hydrogen) atoms. The number of aliphatic hydroxyl groups excluding tert-OH is 2. The number of hydrogen-bond acceptors (Lipinski definition) is 9.